The molecule has 2 unspecified atom stereocenters. The molecule has 0 fully saturated rings. The van der Waals surface area contributed by atoms with Crippen molar-refractivity contribution in [2.45, 2.75) is 31.5 Å². The van der Waals surface area contributed by atoms with Crippen molar-refractivity contribution < 1.29 is 14.9 Å². The van der Waals surface area contributed by atoms with Crippen molar-refractivity contribution in [2.75, 3.05) is 6.61 Å². The molecule has 0 saturated carbocycles. The van der Waals surface area contributed by atoms with Crippen molar-refractivity contribution in [2.24, 2.45) is 0 Å². The Labute approximate surface area is 103 Å². The van der Waals surface area contributed by atoms with E-state index < -0.39 is 11.7 Å². The van der Waals surface area contributed by atoms with Crippen LogP contribution in [0.3, 0.4) is 0 Å². The van der Waals surface area contributed by atoms with E-state index in [9.17, 15) is 5.11 Å². The summed E-state index contributed by atoms with van der Waals surface area (Å²) in [7, 11) is 0. The van der Waals surface area contributed by atoms with Crippen LogP contribution in [0.15, 0.2) is 22.7 Å². The third kappa shape index (κ3) is 2.24. The van der Waals surface area contributed by atoms with E-state index in [0.29, 0.717) is 18.6 Å². The molecule has 1 aromatic rings. The van der Waals surface area contributed by atoms with E-state index in [0.717, 1.165) is 10.0 Å². The van der Waals surface area contributed by atoms with Gasteiger partial charge in [-0.05, 0) is 25.1 Å². The van der Waals surface area contributed by atoms with Crippen LogP contribution in [0.2, 0.25) is 0 Å². The summed E-state index contributed by atoms with van der Waals surface area (Å²) in [5, 5.41) is 19.1. The lowest BCUT2D eigenvalue weighted by atomic mass is 9.88. The standard InChI is InChI=1S/C12H15BrO3/c1-12(4-5-14)7-10(15)9-6-8(13)2-3-11(9)16-12/h2-3,6,10,14-15H,4-5,7H2,1H3. The van der Waals surface area contributed by atoms with E-state index >= 15 is 0 Å². The Balaban J connectivity index is 2.33. The maximum Gasteiger partial charge on any atom is 0.126 e. The summed E-state index contributed by atoms with van der Waals surface area (Å²) < 4.78 is 6.77. The molecule has 0 saturated heterocycles. The Morgan fingerprint density at radius 3 is 3.00 bits per heavy atom. The summed E-state index contributed by atoms with van der Waals surface area (Å²) in [6, 6.07) is 5.60. The van der Waals surface area contributed by atoms with Crippen LogP contribution in [-0.2, 0) is 0 Å². The monoisotopic (exact) mass is 286 g/mol. The van der Waals surface area contributed by atoms with Crippen molar-refractivity contribution in [1.29, 1.82) is 0 Å². The van der Waals surface area contributed by atoms with Gasteiger partial charge in [-0.1, -0.05) is 15.9 Å². The van der Waals surface area contributed by atoms with Crippen molar-refractivity contribution in [1.82, 2.24) is 0 Å². The van der Waals surface area contributed by atoms with Crippen molar-refractivity contribution in [3.05, 3.63) is 28.2 Å². The zero-order valence-corrected chi connectivity index (χ0v) is 10.7. The van der Waals surface area contributed by atoms with E-state index in [4.69, 9.17) is 9.84 Å². The fourth-order valence-electron chi connectivity index (χ4n) is 2.09. The summed E-state index contributed by atoms with van der Waals surface area (Å²) in [4.78, 5) is 0. The lowest BCUT2D eigenvalue weighted by molar-refractivity contribution is -0.0160. The van der Waals surface area contributed by atoms with E-state index in [1.807, 2.05) is 25.1 Å². The van der Waals surface area contributed by atoms with Gasteiger partial charge >= 0.3 is 0 Å². The number of fused-ring (bicyclic) bond motifs is 1. The van der Waals surface area contributed by atoms with Gasteiger partial charge in [0.2, 0.25) is 0 Å². The molecule has 16 heavy (non-hydrogen) atoms. The van der Waals surface area contributed by atoms with Crippen molar-refractivity contribution in [3.63, 3.8) is 0 Å². The molecule has 0 amide bonds. The molecule has 2 rings (SSSR count). The lowest BCUT2D eigenvalue weighted by Gasteiger charge is -2.38. The summed E-state index contributed by atoms with van der Waals surface area (Å²) in [5.74, 6) is 0.706. The number of hydrogen-bond acceptors (Lipinski definition) is 3. The van der Waals surface area contributed by atoms with Gasteiger partial charge in [-0.2, -0.15) is 0 Å². The predicted octanol–water partition coefficient (Wildman–Crippen LogP) is 2.41. The Morgan fingerprint density at radius 2 is 2.31 bits per heavy atom. The van der Waals surface area contributed by atoms with Gasteiger partial charge in [-0.25, -0.2) is 0 Å². The molecule has 0 radical (unpaired) electrons. The summed E-state index contributed by atoms with van der Waals surface area (Å²) in [6.45, 7) is 1.98. The molecular weight excluding hydrogens is 272 g/mol. The molecule has 1 aromatic carbocycles. The maximum atomic E-state index is 10.1. The number of ether oxygens (including phenoxy) is 1. The number of aliphatic hydroxyl groups excluding tert-OH is 2. The van der Waals surface area contributed by atoms with Gasteiger partial charge in [0.1, 0.15) is 11.4 Å². The highest BCUT2D eigenvalue weighted by atomic mass is 79.9. The highest BCUT2D eigenvalue weighted by Gasteiger charge is 2.36. The van der Waals surface area contributed by atoms with Crippen LogP contribution in [-0.4, -0.2) is 22.4 Å². The largest absolute Gasteiger partial charge is 0.487 e. The SMILES string of the molecule is CC1(CCO)CC(O)c2cc(Br)ccc2O1. The zero-order valence-electron chi connectivity index (χ0n) is 9.11. The Kier molecular flexibility index (Phi) is 3.24. The highest BCUT2D eigenvalue weighted by molar-refractivity contribution is 9.10. The predicted molar refractivity (Wildman–Crippen MR) is 64.5 cm³/mol. The first-order valence-electron chi connectivity index (χ1n) is 5.31. The minimum Gasteiger partial charge on any atom is -0.487 e. The molecule has 2 N–H and O–H groups in total. The fraction of sp³-hybridized carbons (Fsp3) is 0.500. The summed E-state index contributed by atoms with van der Waals surface area (Å²) >= 11 is 3.37. The van der Waals surface area contributed by atoms with E-state index in [1.165, 1.54) is 0 Å². The molecule has 3 nitrogen and oxygen atoms in total. The molecule has 2 atom stereocenters. The van der Waals surface area contributed by atoms with Gasteiger partial charge in [-0.15, -0.1) is 0 Å². The number of halogens is 1. The van der Waals surface area contributed by atoms with Crippen LogP contribution < -0.4 is 4.74 Å². The molecule has 0 aromatic heterocycles. The maximum absolute atomic E-state index is 10.1. The minimum atomic E-state index is -0.530. The van der Waals surface area contributed by atoms with Crippen molar-refractivity contribution >= 4 is 15.9 Å². The van der Waals surface area contributed by atoms with Crippen LogP contribution in [0.25, 0.3) is 0 Å². The number of rotatable bonds is 2. The van der Waals surface area contributed by atoms with Gasteiger partial charge in [0.25, 0.3) is 0 Å². The first kappa shape index (κ1) is 11.9. The van der Waals surface area contributed by atoms with E-state index in [1.54, 1.807) is 0 Å². The Bertz CT molecular complexity index is 394. The molecule has 0 spiro atoms. The quantitative estimate of drug-likeness (QED) is 0.878. The minimum absolute atomic E-state index is 0.0646. The zero-order chi connectivity index (χ0) is 11.8. The van der Waals surface area contributed by atoms with Gasteiger partial charge in [0, 0.05) is 29.5 Å². The number of benzene rings is 1. The van der Waals surface area contributed by atoms with Gasteiger partial charge in [0.05, 0.1) is 6.10 Å². The molecular formula is C12H15BrO3. The summed E-state index contributed by atoms with van der Waals surface area (Å²) in [6.07, 6.45) is 0.508. The average molecular weight is 287 g/mol. The second-order valence-electron chi connectivity index (χ2n) is 4.43. The average Bonchev–Trinajstić information content (AvgIpc) is 2.19. The van der Waals surface area contributed by atoms with Crippen LogP contribution in [0.1, 0.15) is 31.4 Å². The topological polar surface area (TPSA) is 49.7 Å². The second kappa shape index (κ2) is 4.35. The first-order chi connectivity index (χ1) is 7.54. The molecule has 1 heterocycles. The fourth-order valence-corrected chi connectivity index (χ4v) is 2.47. The second-order valence-corrected chi connectivity index (χ2v) is 5.34. The van der Waals surface area contributed by atoms with Crippen molar-refractivity contribution in [3.8, 4) is 5.75 Å². The molecule has 4 heteroatoms. The van der Waals surface area contributed by atoms with E-state index in [2.05, 4.69) is 15.9 Å². The van der Waals surface area contributed by atoms with Gasteiger partial charge < -0.3 is 14.9 Å². The number of aliphatic hydroxyl groups is 2. The number of hydrogen-bond donors (Lipinski definition) is 2. The first-order valence-corrected chi connectivity index (χ1v) is 6.11. The molecule has 1 aliphatic heterocycles. The van der Waals surface area contributed by atoms with Crippen LogP contribution >= 0.6 is 15.9 Å². The van der Waals surface area contributed by atoms with Gasteiger partial charge in [0.15, 0.2) is 0 Å². The Morgan fingerprint density at radius 1 is 1.56 bits per heavy atom. The lowest BCUT2D eigenvalue weighted by Crippen LogP contribution is -2.38. The molecule has 0 aliphatic carbocycles. The third-order valence-electron chi connectivity index (χ3n) is 2.95. The highest BCUT2D eigenvalue weighted by Crippen LogP contribution is 2.41. The normalized spacial score (nSPS) is 28.4. The smallest absolute Gasteiger partial charge is 0.126 e. The van der Waals surface area contributed by atoms with Gasteiger partial charge in [-0.3, -0.25) is 0 Å². The molecule has 88 valence electrons. The van der Waals surface area contributed by atoms with E-state index in [-0.39, 0.29) is 6.61 Å². The van der Waals surface area contributed by atoms with Crippen LogP contribution in [0, 0.1) is 0 Å². The van der Waals surface area contributed by atoms with Crippen LogP contribution in [0.4, 0.5) is 0 Å². The van der Waals surface area contributed by atoms with Crippen LogP contribution in [0.5, 0.6) is 5.75 Å². The Hall–Kier alpha value is -0.580. The third-order valence-corrected chi connectivity index (χ3v) is 3.45. The molecule has 0 bridgehead atoms. The summed E-state index contributed by atoms with van der Waals surface area (Å²) in [5.41, 5.74) is 0.333. The molecule has 1 aliphatic rings.